The third-order valence-corrected chi connectivity index (χ3v) is 5.17. The minimum Gasteiger partial charge on any atom is -0.357 e. The van der Waals surface area contributed by atoms with Crippen molar-refractivity contribution in [1.29, 1.82) is 0 Å². The first-order valence-corrected chi connectivity index (χ1v) is 9.24. The lowest BCUT2D eigenvalue weighted by Gasteiger charge is -2.16. The van der Waals surface area contributed by atoms with E-state index in [1.165, 1.54) is 24.4 Å². The number of aryl methyl sites for hydroxylation is 1. The van der Waals surface area contributed by atoms with Gasteiger partial charge in [0.25, 0.3) is 0 Å². The molecule has 2 heterocycles. The van der Waals surface area contributed by atoms with Crippen LogP contribution in [0.5, 0.6) is 0 Å². The number of hydrogen-bond acceptors (Lipinski definition) is 4. The Balaban J connectivity index is 0.00000264. The zero-order valence-corrected chi connectivity index (χ0v) is 17.6. The van der Waals surface area contributed by atoms with E-state index in [4.69, 9.17) is 0 Å². The van der Waals surface area contributed by atoms with Crippen molar-refractivity contribution in [3.05, 3.63) is 16.1 Å². The predicted octanol–water partition coefficient (Wildman–Crippen LogP) is 2.72. The average Bonchev–Trinajstić information content (AvgIpc) is 3.18. The maximum atomic E-state index is 4.66. The molecule has 2 rings (SSSR count). The van der Waals surface area contributed by atoms with E-state index < -0.39 is 0 Å². The summed E-state index contributed by atoms with van der Waals surface area (Å²) in [7, 11) is 0. The van der Waals surface area contributed by atoms with Crippen molar-refractivity contribution in [2.75, 3.05) is 32.7 Å². The summed E-state index contributed by atoms with van der Waals surface area (Å²) in [5, 5.41) is 7.90. The number of likely N-dealkylation sites (tertiary alicyclic amines) is 1. The van der Waals surface area contributed by atoms with Crippen molar-refractivity contribution in [2.45, 2.75) is 40.2 Å². The van der Waals surface area contributed by atoms with Crippen molar-refractivity contribution >= 4 is 41.3 Å². The second-order valence-corrected chi connectivity index (χ2v) is 6.90. The van der Waals surface area contributed by atoms with Crippen LogP contribution in [0, 0.1) is 5.92 Å². The highest BCUT2D eigenvalue weighted by molar-refractivity contribution is 14.0. The molecule has 132 valence electrons. The minimum absolute atomic E-state index is 0. The van der Waals surface area contributed by atoms with Gasteiger partial charge in [0.2, 0.25) is 0 Å². The van der Waals surface area contributed by atoms with Crippen LogP contribution >= 0.6 is 35.3 Å². The summed E-state index contributed by atoms with van der Waals surface area (Å²) in [6.45, 7) is 12.6. The van der Waals surface area contributed by atoms with Gasteiger partial charge in [0.15, 0.2) is 5.96 Å². The Morgan fingerprint density at radius 3 is 2.83 bits per heavy atom. The van der Waals surface area contributed by atoms with E-state index in [1.807, 2.05) is 6.20 Å². The third kappa shape index (κ3) is 6.93. The maximum absolute atomic E-state index is 4.66. The fourth-order valence-electron chi connectivity index (χ4n) is 2.68. The number of hydrogen-bond donors (Lipinski definition) is 2. The summed E-state index contributed by atoms with van der Waals surface area (Å²) in [4.78, 5) is 12.9. The third-order valence-electron chi connectivity index (χ3n) is 4.04. The van der Waals surface area contributed by atoms with E-state index in [-0.39, 0.29) is 24.0 Å². The van der Waals surface area contributed by atoms with E-state index in [0.29, 0.717) is 6.54 Å². The number of nitrogens with zero attached hydrogens (tertiary/aromatic N) is 3. The van der Waals surface area contributed by atoms with E-state index >= 15 is 0 Å². The Labute approximate surface area is 161 Å². The highest BCUT2D eigenvalue weighted by Gasteiger charge is 2.20. The molecule has 1 aliphatic heterocycles. The molecule has 0 spiro atoms. The van der Waals surface area contributed by atoms with Crippen molar-refractivity contribution in [1.82, 2.24) is 20.5 Å². The summed E-state index contributed by atoms with van der Waals surface area (Å²) in [6.07, 6.45) is 4.30. The van der Waals surface area contributed by atoms with Gasteiger partial charge in [0.1, 0.15) is 5.01 Å². The van der Waals surface area contributed by atoms with Crippen molar-refractivity contribution < 1.29 is 0 Å². The zero-order valence-electron chi connectivity index (χ0n) is 14.5. The van der Waals surface area contributed by atoms with Gasteiger partial charge in [-0.25, -0.2) is 9.98 Å². The summed E-state index contributed by atoms with van der Waals surface area (Å²) >= 11 is 1.76. The molecular formula is C16H30IN5S. The Morgan fingerprint density at radius 1 is 1.39 bits per heavy atom. The van der Waals surface area contributed by atoms with E-state index in [9.17, 15) is 0 Å². The van der Waals surface area contributed by atoms with Crippen LogP contribution in [0.25, 0.3) is 0 Å². The van der Waals surface area contributed by atoms with Gasteiger partial charge in [-0.2, -0.15) is 0 Å². The van der Waals surface area contributed by atoms with E-state index in [1.54, 1.807) is 11.3 Å². The molecule has 0 amide bonds. The number of halogens is 1. The summed E-state index contributed by atoms with van der Waals surface area (Å²) in [5.41, 5.74) is 0. The van der Waals surface area contributed by atoms with Crippen molar-refractivity contribution in [3.8, 4) is 0 Å². The number of nitrogens with one attached hydrogen (secondary N) is 2. The molecule has 23 heavy (non-hydrogen) atoms. The Kier molecular flexibility index (Phi) is 10.0. The van der Waals surface area contributed by atoms with E-state index in [2.05, 4.69) is 46.3 Å². The van der Waals surface area contributed by atoms with Crippen LogP contribution in [0.3, 0.4) is 0 Å². The van der Waals surface area contributed by atoms with Crippen LogP contribution in [0.15, 0.2) is 11.2 Å². The first-order chi connectivity index (χ1) is 10.7. The van der Waals surface area contributed by atoms with Crippen molar-refractivity contribution in [2.24, 2.45) is 10.9 Å². The molecule has 0 aromatic carbocycles. The molecule has 1 aromatic rings. The smallest absolute Gasteiger partial charge is 0.191 e. The Bertz CT molecular complexity index is 477. The molecule has 0 bridgehead atoms. The predicted molar refractivity (Wildman–Crippen MR) is 110 cm³/mol. The zero-order chi connectivity index (χ0) is 15.8. The molecule has 0 aliphatic carbocycles. The lowest BCUT2D eigenvalue weighted by atomic mass is 10.1. The fraction of sp³-hybridized carbons (Fsp3) is 0.750. The first-order valence-electron chi connectivity index (χ1n) is 8.43. The molecule has 1 aliphatic rings. The largest absolute Gasteiger partial charge is 0.357 e. The monoisotopic (exact) mass is 451 g/mol. The second-order valence-electron chi connectivity index (χ2n) is 5.70. The lowest BCUT2D eigenvalue weighted by Crippen LogP contribution is -2.40. The van der Waals surface area contributed by atoms with Crippen LogP contribution in [-0.4, -0.2) is 48.6 Å². The highest BCUT2D eigenvalue weighted by Crippen LogP contribution is 2.15. The topological polar surface area (TPSA) is 52.6 Å². The molecule has 1 saturated heterocycles. The van der Waals surface area contributed by atoms with Gasteiger partial charge in [0, 0.05) is 30.7 Å². The van der Waals surface area contributed by atoms with Crippen LogP contribution in [-0.2, 0) is 13.0 Å². The first kappa shape index (κ1) is 20.6. The number of aromatic nitrogens is 1. The van der Waals surface area contributed by atoms with E-state index in [0.717, 1.165) is 42.9 Å². The molecule has 1 atom stereocenters. The number of rotatable bonds is 7. The van der Waals surface area contributed by atoms with Gasteiger partial charge in [-0.3, -0.25) is 0 Å². The van der Waals surface area contributed by atoms with Crippen LogP contribution in [0.1, 0.15) is 37.1 Å². The molecule has 0 radical (unpaired) electrons. The molecule has 1 fully saturated rings. The Morgan fingerprint density at radius 2 is 2.22 bits per heavy atom. The SMILES string of the molecule is CCNC(=NCc1ncc(CC)s1)NCC1CCN(CC)C1.I. The van der Waals surface area contributed by atoms with Gasteiger partial charge in [-0.1, -0.05) is 13.8 Å². The van der Waals surface area contributed by atoms with Crippen molar-refractivity contribution in [3.63, 3.8) is 0 Å². The average molecular weight is 451 g/mol. The fourth-order valence-corrected chi connectivity index (χ4v) is 3.47. The van der Waals surface area contributed by atoms with Gasteiger partial charge in [-0.05, 0) is 38.8 Å². The van der Waals surface area contributed by atoms with Gasteiger partial charge in [-0.15, -0.1) is 35.3 Å². The van der Waals surface area contributed by atoms with Crippen LogP contribution < -0.4 is 10.6 Å². The minimum atomic E-state index is 0. The summed E-state index contributed by atoms with van der Waals surface area (Å²) in [6, 6.07) is 0. The number of guanidine groups is 1. The molecular weight excluding hydrogens is 421 g/mol. The Hall–Kier alpha value is -0.410. The highest BCUT2D eigenvalue weighted by atomic mass is 127. The standard InChI is InChI=1S/C16H29N5S.HI/c1-4-14-10-18-15(22-14)11-20-16(17-5-2)19-9-13-7-8-21(6-3)12-13;/h10,13H,4-9,11-12H2,1-3H3,(H2,17,19,20);1H. The number of aliphatic imine (C=N–C) groups is 1. The molecule has 0 saturated carbocycles. The normalized spacial score (nSPS) is 18.7. The molecule has 2 N–H and O–H groups in total. The molecule has 5 nitrogen and oxygen atoms in total. The summed E-state index contributed by atoms with van der Waals surface area (Å²) in [5.74, 6) is 1.64. The van der Waals surface area contributed by atoms with Crippen LogP contribution in [0.4, 0.5) is 0 Å². The van der Waals surface area contributed by atoms with Crippen LogP contribution in [0.2, 0.25) is 0 Å². The molecule has 1 unspecified atom stereocenters. The van der Waals surface area contributed by atoms with Gasteiger partial charge < -0.3 is 15.5 Å². The summed E-state index contributed by atoms with van der Waals surface area (Å²) < 4.78 is 0. The quantitative estimate of drug-likeness (QED) is 0.380. The van der Waals surface area contributed by atoms with Gasteiger partial charge >= 0.3 is 0 Å². The maximum Gasteiger partial charge on any atom is 0.191 e. The number of thiazole rings is 1. The molecule has 7 heteroatoms. The second kappa shape index (κ2) is 11.2. The van der Waals surface area contributed by atoms with Gasteiger partial charge in [0.05, 0.1) is 6.54 Å². The molecule has 1 aromatic heterocycles. The lowest BCUT2D eigenvalue weighted by molar-refractivity contribution is 0.342.